The molecule has 0 bridgehead atoms. The number of amides is 1. The predicted molar refractivity (Wildman–Crippen MR) is 127 cm³/mol. The van der Waals surface area contributed by atoms with E-state index in [-0.39, 0.29) is 18.0 Å². The number of nitrogens with zero attached hydrogens (tertiary/aromatic N) is 1. The molecular weight excluding hydrogens is 448 g/mol. The molecule has 1 amide bonds. The van der Waals surface area contributed by atoms with E-state index in [1.54, 1.807) is 37.3 Å². The number of anilines is 1. The third kappa shape index (κ3) is 5.68. The summed E-state index contributed by atoms with van der Waals surface area (Å²) in [6, 6.07) is 18.9. The van der Waals surface area contributed by atoms with Crippen molar-refractivity contribution in [3.05, 3.63) is 88.4 Å². The van der Waals surface area contributed by atoms with Crippen LogP contribution >= 0.6 is 11.6 Å². The Morgan fingerprint density at radius 1 is 1.00 bits per heavy atom. The first-order chi connectivity index (χ1) is 15.2. The lowest BCUT2D eigenvalue weighted by atomic mass is 10.2. The van der Waals surface area contributed by atoms with Gasteiger partial charge in [-0.2, -0.15) is 4.31 Å². The van der Waals surface area contributed by atoms with E-state index in [1.807, 2.05) is 37.3 Å². The van der Waals surface area contributed by atoms with E-state index in [0.29, 0.717) is 22.0 Å². The fourth-order valence-corrected chi connectivity index (χ4v) is 4.89. The summed E-state index contributed by atoms with van der Waals surface area (Å²) >= 11 is 6.04. The summed E-state index contributed by atoms with van der Waals surface area (Å²) in [4.78, 5) is 12.9. The molecule has 0 aliphatic heterocycles. The van der Waals surface area contributed by atoms with E-state index in [4.69, 9.17) is 16.3 Å². The molecule has 32 heavy (non-hydrogen) atoms. The number of ether oxygens (including phenoxy) is 1. The minimum absolute atomic E-state index is 0.0518. The van der Waals surface area contributed by atoms with Crippen LogP contribution in [-0.4, -0.2) is 32.3 Å². The minimum Gasteiger partial charge on any atom is -0.496 e. The highest BCUT2D eigenvalue weighted by Gasteiger charge is 2.27. The van der Waals surface area contributed by atoms with Crippen LogP contribution in [0.25, 0.3) is 0 Å². The molecule has 0 fully saturated rings. The lowest BCUT2D eigenvalue weighted by Crippen LogP contribution is -2.37. The molecule has 3 aromatic carbocycles. The summed E-state index contributed by atoms with van der Waals surface area (Å²) in [5.74, 6) is 0.132. The number of methoxy groups -OCH3 is 1. The fraction of sp³-hybridized carbons (Fsp3) is 0.208. The van der Waals surface area contributed by atoms with Crippen LogP contribution in [-0.2, 0) is 21.4 Å². The average molecular weight is 473 g/mol. The molecule has 0 aromatic heterocycles. The normalized spacial score (nSPS) is 11.4. The summed E-state index contributed by atoms with van der Waals surface area (Å²) in [5.41, 5.74) is 2.83. The summed E-state index contributed by atoms with van der Waals surface area (Å²) in [7, 11) is -2.43. The largest absolute Gasteiger partial charge is 0.496 e. The van der Waals surface area contributed by atoms with Gasteiger partial charge in [-0.1, -0.05) is 48.0 Å². The van der Waals surface area contributed by atoms with Gasteiger partial charge in [-0.15, -0.1) is 0 Å². The Morgan fingerprint density at radius 3 is 2.38 bits per heavy atom. The number of hydrogen-bond acceptors (Lipinski definition) is 4. The summed E-state index contributed by atoms with van der Waals surface area (Å²) in [5, 5.41) is 3.25. The molecule has 6 nitrogen and oxygen atoms in total. The molecular formula is C24H25ClN2O4S. The van der Waals surface area contributed by atoms with Gasteiger partial charge in [0, 0.05) is 17.3 Å². The number of rotatable bonds is 8. The first-order valence-corrected chi connectivity index (χ1v) is 11.8. The van der Waals surface area contributed by atoms with Crippen LogP contribution in [0.5, 0.6) is 5.75 Å². The number of halogens is 1. The van der Waals surface area contributed by atoms with Gasteiger partial charge in [0.2, 0.25) is 15.9 Å². The maximum Gasteiger partial charge on any atom is 0.243 e. The SMILES string of the molecule is COc1ccc(S(=O)(=O)N(CC(=O)Nc2cc(Cl)ccc2C)Cc2ccccc2)cc1C. The molecule has 0 radical (unpaired) electrons. The number of nitrogens with one attached hydrogen (secondary N) is 1. The van der Waals surface area contributed by atoms with Crippen LogP contribution in [0, 0.1) is 13.8 Å². The molecule has 0 spiro atoms. The van der Waals surface area contributed by atoms with Crippen LogP contribution in [0.3, 0.4) is 0 Å². The van der Waals surface area contributed by atoms with Gasteiger partial charge in [-0.3, -0.25) is 4.79 Å². The monoisotopic (exact) mass is 472 g/mol. The van der Waals surface area contributed by atoms with E-state index < -0.39 is 15.9 Å². The molecule has 0 saturated heterocycles. The zero-order valence-electron chi connectivity index (χ0n) is 18.1. The highest BCUT2D eigenvalue weighted by atomic mass is 35.5. The van der Waals surface area contributed by atoms with Gasteiger partial charge < -0.3 is 10.1 Å². The second-order valence-electron chi connectivity index (χ2n) is 7.40. The summed E-state index contributed by atoms with van der Waals surface area (Å²) in [6.45, 7) is 3.31. The molecule has 0 atom stereocenters. The zero-order chi connectivity index (χ0) is 23.3. The van der Waals surface area contributed by atoms with Crippen LogP contribution in [0.2, 0.25) is 5.02 Å². The van der Waals surface area contributed by atoms with Gasteiger partial charge in [0.25, 0.3) is 0 Å². The van der Waals surface area contributed by atoms with Crippen molar-refractivity contribution < 1.29 is 17.9 Å². The molecule has 8 heteroatoms. The van der Waals surface area contributed by atoms with E-state index in [1.165, 1.54) is 17.5 Å². The van der Waals surface area contributed by atoms with Gasteiger partial charge in [-0.05, 0) is 60.9 Å². The van der Waals surface area contributed by atoms with Gasteiger partial charge in [-0.25, -0.2) is 8.42 Å². The molecule has 0 aliphatic rings. The molecule has 1 N–H and O–H groups in total. The van der Waals surface area contributed by atoms with E-state index in [0.717, 1.165) is 11.1 Å². The Morgan fingerprint density at radius 2 is 1.72 bits per heavy atom. The molecule has 0 heterocycles. The van der Waals surface area contributed by atoms with Gasteiger partial charge in [0.05, 0.1) is 18.6 Å². The molecule has 0 saturated carbocycles. The van der Waals surface area contributed by atoms with Gasteiger partial charge >= 0.3 is 0 Å². The Labute approximate surface area is 193 Å². The predicted octanol–water partition coefficient (Wildman–Crippen LogP) is 4.80. The number of carbonyl (C=O) groups is 1. The molecule has 168 valence electrons. The number of sulfonamides is 1. The summed E-state index contributed by atoms with van der Waals surface area (Å²) < 4.78 is 33.4. The first-order valence-electron chi connectivity index (χ1n) is 9.95. The van der Waals surface area contributed by atoms with Crippen molar-refractivity contribution in [2.45, 2.75) is 25.3 Å². The Bertz CT molecular complexity index is 1210. The second kappa shape index (κ2) is 10.2. The number of hydrogen-bond donors (Lipinski definition) is 1. The van der Waals surface area contributed by atoms with Gasteiger partial charge in [0.1, 0.15) is 5.75 Å². The van der Waals surface area contributed by atoms with Crippen LogP contribution in [0.15, 0.2) is 71.6 Å². The molecule has 3 rings (SSSR count). The van der Waals surface area contributed by atoms with Crippen molar-refractivity contribution in [3.63, 3.8) is 0 Å². The van der Waals surface area contributed by atoms with Crippen LogP contribution in [0.1, 0.15) is 16.7 Å². The van der Waals surface area contributed by atoms with Crippen molar-refractivity contribution >= 4 is 33.2 Å². The van der Waals surface area contributed by atoms with E-state index in [2.05, 4.69) is 5.32 Å². The highest BCUT2D eigenvalue weighted by Crippen LogP contribution is 2.25. The minimum atomic E-state index is -3.96. The van der Waals surface area contributed by atoms with Crippen molar-refractivity contribution in [1.82, 2.24) is 4.31 Å². The Hall–Kier alpha value is -2.87. The highest BCUT2D eigenvalue weighted by molar-refractivity contribution is 7.89. The van der Waals surface area contributed by atoms with Crippen molar-refractivity contribution in [3.8, 4) is 5.75 Å². The number of aryl methyl sites for hydroxylation is 2. The van der Waals surface area contributed by atoms with E-state index in [9.17, 15) is 13.2 Å². The maximum absolute atomic E-state index is 13.5. The molecule has 0 unspecified atom stereocenters. The second-order valence-corrected chi connectivity index (χ2v) is 9.77. The quantitative estimate of drug-likeness (QED) is 0.511. The van der Waals surface area contributed by atoms with Crippen molar-refractivity contribution in [1.29, 1.82) is 0 Å². The van der Waals surface area contributed by atoms with Crippen molar-refractivity contribution in [2.24, 2.45) is 0 Å². The molecule has 0 aliphatic carbocycles. The topological polar surface area (TPSA) is 75.7 Å². The smallest absolute Gasteiger partial charge is 0.243 e. The van der Waals surface area contributed by atoms with Crippen LogP contribution in [0.4, 0.5) is 5.69 Å². The van der Waals surface area contributed by atoms with Gasteiger partial charge in [0.15, 0.2) is 0 Å². The lowest BCUT2D eigenvalue weighted by Gasteiger charge is -2.23. The zero-order valence-corrected chi connectivity index (χ0v) is 19.7. The first kappa shape index (κ1) is 23.8. The average Bonchev–Trinajstić information content (AvgIpc) is 2.76. The van der Waals surface area contributed by atoms with E-state index >= 15 is 0 Å². The standard InChI is InChI=1S/C24H25ClN2O4S/c1-17-9-10-20(25)14-22(17)26-24(28)16-27(15-19-7-5-4-6-8-19)32(29,30)21-11-12-23(31-3)18(2)13-21/h4-14H,15-16H2,1-3H3,(H,26,28). The lowest BCUT2D eigenvalue weighted by molar-refractivity contribution is -0.116. The Kier molecular flexibility index (Phi) is 7.56. The fourth-order valence-electron chi connectivity index (χ4n) is 3.25. The number of carbonyl (C=O) groups excluding carboxylic acids is 1. The third-order valence-electron chi connectivity index (χ3n) is 5.00. The molecule has 3 aromatic rings. The maximum atomic E-state index is 13.5. The van der Waals surface area contributed by atoms with Crippen LogP contribution < -0.4 is 10.1 Å². The Balaban J connectivity index is 1.91. The third-order valence-corrected chi connectivity index (χ3v) is 7.02. The summed E-state index contributed by atoms with van der Waals surface area (Å²) in [6.07, 6.45) is 0. The number of benzene rings is 3. The van der Waals surface area contributed by atoms with Crippen molar-refractivity contribution in [2.75, 3.05) is 19.0 Å².